The molecule has 2 aliphatic heterocycles. The first-order chi connectivity index (χ1) is 17.1. The molecule has 2 atom stereocenters. The predicted molar refractivity (Wildman–Crippen MR) is 125 cm³/mol. The summed E-state index contributed by atoms with van der Waals surface area (Å²) in [4.78, 5) is 26.8. The standard InChI is InChI=1S/C24H20F4N4O3S/c25-16-3-2-14(17(9-16)24(26,27)28)12-31-18-4-1-13(7-15(18)10-30-31)8-21-22(34)32(23(35)36-21)19-5-6-29-11-20(19)33/h1-4,7-10,19-20,29,33H,5-6,11-12H2/t19-,20-/m0/s1. The molecule has 188 valence electrons. The maximum Gasteiger partial charge on any atom is 0.416 e. The van der Waals surface area contributed by atoms with Crippen molar-refractivity contribution in [1.29, 1.82) is 0 Å². The van der Waals surface area contributed by atoms with Crippen molar-refractivity contribution in [3.05, 3.63) is 70.0 Å². The summed E-state index contributed by atoms with van der Waals surface area (Å²) in [6.07, 6.45) is -2.03. The fourth-order valence-electron chi connectivity index (χ4n) is 4.48. The smallest absolute Gasteiger partial charge is 0.390 e. The number of benzene rings is 2. The number of aliphatic hydroxyl groups is 1. The molecule has 1 aromatic heterocycles. The van der Waals surface area contributed by atoms with Gasteiger partial charge >= 0.3 is 6.18 Å². The highest BCUT2D eigenvalue weighted by molar-refractivity contribution is 8.18. The van der Waals surface area contributed by atoms with Crippen molar-refractivity contribution >= 4 is 39.9 Å². The summed E-state index contributed by atoms with van der Waals surface area (Å²) in [5, 5.41) is 17.6. The van der Waals surface area contributed by atoms with E-state index in [1.54, 1.807) is 24.3 Å². The monoisotopic (exact) mass is 520 g/mol. The van der Waals surface area contributed by atoms with Crippen molar-refractivity contribution in [2.24, 2.45) is 0 Å². The maximum absolute atomic E-state index is 13.4. The minimum atomic E-state index is -4.71. The lowest BCUT2D eigenvalue weighted by molar-refractivity contribution is -0.138. The lowest BCUT2D eigenvalue weighted by Gasteiger charge is -2.33. The van der Waals surface area contributed by atoms with Crippen LogP contribution in [0.2, 0.25) is 0 Å². The number of carbonyl (C=O) groups is 2. The molecule has 3 aromatic rings. The average Bonchev–Trinajstić information content (AvgIpc) is 3.34. The number of halogens is 4. The summed E-state index contributed by atoms with van der Waals surface area (Å²) in [6.45, 7) is 0.676. The van der Waals surface area contributed by atoms with Gasteiger partial charge in [0.25, 0.3) is 11.1 Å². The van der Waals surface area contributed by atoms with Crippen LogP contribution in [-0.2, 0) is 17.5 Å². The highest BCUT2D eigenvalue weighted by atomic mass is 32.2. The van der Waals surface area contributed by atoms with Crippen LogP contribution in [0.25, 0.3) is 17.0 Å². The number of nitrogens with one attached hydrogen (secondary N) is 1. The van der Waals surface area contributed by atoms with Gasteiger partial charge < -0.3 is 10.4 Å². The van der Waals surface area contributed by atoms with Crippen LogP contribution in [0.1, 0.15) is 23.1 Å². The Labute approximate surface area is 206 Å². The van der Waals surface area contributed by atoms with Crippen LogP contribution in [0.5, 0.6) is 0 Å². The molecule has 0 radical (unpaired) electrons. The third-order valence-corrected chi connectivity index (χ3v) is 7.11. The van der Waals surface area contributed by atoms with E-state index in [0.29, 0.717) is 42.0 Å². The van der Waals surface area contributed by atoms with Gasteiger partial charge in [-0.15, -0.1) is 0 Å². The van der Waals surface area contributed by atoms with Gasteiger partial charge in [-0.05, 0) is 66.2 Å². The number of alkyl halides is 3. The number of imide groups is 1. The number of piperidine rings is 1. The fraction of sp³-hybridized carbons (Fsp3) is 0.292. The molecule has 0 aliphatic carbocycles. The second-order valence-electron chi connectivity index (χ2n) is 8.60. The topological polar surface area (TPSA) is 87.5 Å². The molecule has 3 heterocycles. The number of rotatable bonds is 4. The van der Waals surface area contributed by atoms with E-state index in [-0.39, 0.29) is 17.0 Å². The molecule has 2 saturated heterocycles. The zero-order valence-electron chi connectivity index (χ0n) is 18.6. The fourth-order valence-corrected chi connectivity index (χ4v) is 5.37. The number of β-amino-alcohol motifs (C(OH)–C–C–N with tert-alkyl or cyclic N) is 1. The molecule has 2 N–H and O–H groups in total. The van der Waals surface area contributed by atoms with Gasteiger partial charge in [0.2, 0.25) is 0 Å². The number of aromatic nitrogens is 2. The molecule has 2 aliphatic rings. The Kier molecular flexibility index (Phi) is 6.35. The summed E-state index contributed by atoms with van der Waals surface area (Å²) in [5.74, 6) is -1.44. The van der Waals surface area contributed by atoms with E-state index in [1.165, 1.54) is 10.9 Å². The molecular formula is C24H20F4N4O3S. The first-order valence-corrected chi connectivity index (χ1v) is 11.9. The summed E-state index contributed by atoms with van der Waals surface area (Å²) in [5.41, 5.74) is -0.0178. The van der Waals surface area contributed by atoms with Gasteiger partial charge in [-0.3, -0.25) is 19.2 Å². The molecule has 36 heavy (non-hydrogen) atoms. The molecule has 0 spiro atoms. The van der Waals surface area contributed by atoms with Gasteiger partial charge in [-0.2, -0.15) is 18.3 Å². The van der Waals surface area contributed by atoms with Gasteiger partial charge in [0.15, 0.2) is 0 Å². The second kappa shape index (κ2) is 9.34. The number of aliphatic hydroxyl groups excluding tert-OH is 1. The number of fused-ring (bicyclic) bond motifs is 1. The van der Waals surface area contributed by atoms with Crippen LogP contribution < -0.4 is 5.32 Å². The molecule has 2 amide bonds. The summed E-state index contributed by atoms with van der Waals surface area (Å²) >= 11 is 0.799. The molecule has 0 unspecified atom stereocenters. The number of thioether (sulfide) groups is 1. The van der Waals surface area contributed by atoms with Crippen molar-refractivity contribution in [1.82, 2.24) is 20.0 Å². The lowest BCUT2D eigenvalue weighted by atomic mass is 10.0. The summed E-state index contributed by atoms with van der Waals surface area (Å²) < 4.78 is 54.9. The van der Waals surface area contributed by atoms with E-state index in [0.717, 1.165) is 28.8 Å². The third kappa shape index (κ3) is 4.63. The van der Waals surface area contributed by atoms with E-state index in [4.69, 9.17) is 0 Å². The minimum absolute atomic E-state index is 0.119. The Hall–Kier alpha value is -3.22. The van der Waals surface area contributed by atoms with E-state index >= 15 is 0 Å². The molecule has 5 rings (SSSR count). The molecule has 12 heteroatoms. The van der Waals surface area contributed by atoms with E-state index in [2.05, 4.69) is 10.4 Å². The van der Waals surface area contributed by atoms with Crippen LogP contribution in [0.3, 0.4) is 0 Å². The minimum Gasteiger partial charge on any atom is -0.390 e. The number of hydrogen-bond acceptors (Lipinski definition) is 6. The van der Waals surface area contributed by atoms with Crippen molar-refractivity contribution < 1.29 is 32.3 Å². The van der Waals surface area contributed by atoms with Crippen molar-refractivity contribution in [2.45, 2.75) is 31.3 Å². The quantitative estimate of drug-likeness (QED) is 0.400. The van der Waals surface area contributed by atoms with Gasteiger partial charge in [-0.25, -0.2) is 4.39 Å². The SMILES string of the molecule is O=C1SC(=Cc2ccc3c(cnn3Cc3ccc(F)cc3C(F)(F)F)c2)C(=O)N1[C@H]1CCNC[C@@H]1O. The normalized spacial score (nSPS) is 22.2. The van der Waals surface area contributed by atoms with Crippen molar-refractivity contribution in [3.8, 4) is 0 Å². The lowest BCUT2D eigenvalue weighted by Crippen LogP contribution is -2.54. The molecule has 0 saturated carbocycles. The maximum atomic E-state index is 13.4. The number of hydrogen-bond donors (Lipinski definition) is 2. The van der Waals surface area contributed by atoms with E-state index in [1.807, 2.05) is 0 Å². The summed E-state index contributed by atoms with van der Waals surface area (Å²) in [7, 11) is 0. The van der Waals surface area contributed by atoms with Gasteiger partial charge in [0.1, 0.15) is 5.82 Å². The zero-order valence-corrected chi connectivity index (χ0v) is 19.4. The van der Waals surface area contributed by atoms with Crippen molar-refractivity contribution in [2.75, 3.05) is 13.1 Å². The highest BCUT2D eigenvalue weighted by Gasteiger charge is 2.43. The van der Waals surface area contributed by atoms with Crippen LogP contribution in [0, 0.1) is 5.82 Å². The number of carbonyl (C=O) groups excluding carboxylic acids is 2. The Morgan fingerprint density at radius 1 is 1.19 bits per heavy atom. The van der Waals surface area contributed by atoms with Crippen LogP contribution in [-0.4, -0.2) is 56.2 Å². The first-order valence-electron chi connectivity index (χ1n) is 11.1. The van der Waals surface area contributed by atoms with Crippen LogP contribution in [0.4, 0.5) is 22.4 Å². The second-order valence-corrected chi connectivity index (χ2v) is 9.59. The Morgan fingerprint density at radius 2 is 2.00 bits per heavy atom. The average molecular weight is 521 g/mol. The molecule has 2 aromatic carbocycles. The van der Waals surface area contributed by atoms with Crippen molar-refractivity contribution in [3.63, 3.8) is 0 Å². The van der Waals surface area contributed by atoms with Gasteiger partial charge in [0.05, 0.1) is 40.9 Å². The Balaban J connectivity index is 1.40. The molecule has 7 nitrogen and oxygen atoms in total. The predicted octanol–water partition coefficient (Wildman–Crippen LogP) is 4.00. The van der Waals surface area contributed by atoms with E-state index in [9.17, 15) is 32.3 Å². The largest absolute Gasteiger partial charge is 0.416 e. The van der Waals surface area contributed by atoms with Crippen LogP contribution >= 0.6 is 11.8 Å². The third-order valence-electron chi connectivity index (χ3n) is 6.23. The zero-order chi connectivity index (χ0) is 25.6. The molecule has 0 bridgehead atoms. The van der Waals surface area contributed by atoms with Gasteiger partial charge in [0, 0.05) is 11.9 Å². The molecule has 2 fully saturated rings. The highest BCUT2D eigenvalue weighted by Crippen LogP contribution is 2.36. The van der Waals surface area contributed by atoms with E-state index < -0.39 is 40.8 Å². The first kappa shape index (κ1) is 24.5. The number of nitrogens with zero attached hydrogens (tertiary/aromatic N) is 3. The number of amides is 2. The van der Waals surface area contributed by atoms with Gasteiger partial charge in [-0.1, -0.05) is 12.1 Å². The Bertz CT molecular complexity index is 1390. The summed E-state index contributed by atoms with van der Waals surface area (Å²) in [6, 6.07) is 6.99. The Morgan fingerprint density at radius 3 is 2.75 bits per heavy atom. The van der Waals surface area contributed by atoms with Crippen LogP contribution in [0.15, 0.2) is 47.5 Å². The molecular weight excluding hydrogens is 500 g/mol.